The second kappa shape index (κ2) is 7.68. The van der Waals surface area contributed by atoms with Crippen LogP contribution in [-0.4, -0.2) is 9.13 Å². The lowest BCUT2D eigenvalue weighted by atomic mass is 9.99. The highest BCUT2D eigenvalue weighted by Gasteiger charge is 2.29. The van der Waals surface area contributed by atoms with E-state index in [1.165, 1.54) is 0 Å². The molecule has 1 unspecified atom stereocenters. The summed E-state index contributed by atoms with van der Waals surface area (Å²) in [5.41, 5.74) is 1.68. The maximum absolute atomic E-state index is 13.0. The molecule has 0 bridgehead atoms. The fraction of sp³-hybridized carbons (Fsp3) is 0. The minimum Gasteiger partial charge on any atom is -0.258 e. The van der Waals surface area contributed by atoms with Crippen molar-refractivity contribution in [1.82, 2.24) is 0 Å². The molecule has 3 rings (SSSR count). The van der Waals surface area contributed by atoms with Gasteiger partial charge in [0, 0.05) is 4.90 Å². The van der Waals surface area contributed by atoms with Gasteiger partial charge in [-0.05, 0) is 23.3 Å². The van der Waals surface area contributed by atoms with Gasteiger partial charge in [0.2, 0.25) is 0 Å². The lowest BCUT2D eigenvalue weighted by Crippen LogP contribution is -2.10. The van der Waals surface area contributed by atoms with E-state index in [-0.39, 0.29) is 5.03 Å². The van der Waals surface area contributed by atoms with Gasteiger partial charge in [-0.2, -0.15) is 0 Å². The molecule has 0 aliphatic rings. The number of hydrogen-bond acceptors (Lipinski definition) is 3. The predicted molar refractivity (Wildman–Crippen MR) is 98.8 cm³/mol. The highest BCUT2D eigenvalue weighted by Crippen LogP contribution is 2.30. The summed E-state index contributed by atoms with van der Waals surface area (Å²) in [6.07, 6.45) is 0. The van der Waals surface area contributed by atoms with Crippen LogP contribution < -0.4 is 0 Å². The van der Waals surface area contributed by atoms with Gasteiger partial charge in [0.1, 0.15) is 0 Å². The van der Waals surface area contributed by atoms with Crippen molar-refractivity contribution in [3.63, 3.8) is 0 Å². The minimum atomic E-state index is -1.90. The normalized spacial score (nSPS) is 11.5. The van der Waals surface area contributed by atoms with Crippen LogP contribution in [0.25, 0.3) is 5.57 Å². The van der Waals surface area contributed by atoms with Crippen LogP contribution >= 0.6 is 0 Å². The fourth-order valence-corrected chi connectivity index (χ4v) is 3.71. The Labute approximate surface area is 148 Å². The summed E-state index contributed by atoms with van der Waals surface area (Å²) in [6, 6.07) is 26.5. The summed E-state index contributed by atoms with van der Waals surface area (Å²) in [5.74, 6) is 0. The molecule has 0 saturated carbocycles. The van der Waals surface area contributed by atoms with Crippen molar-refractivity contribution in [3.05, 3.63) is 117 Å². The van der Waals surface area contributed by atoms with Gasteiger partial charge in [0.15, 0.2) is 10.8 Å². The van der Waals surface area contributed by atoms with Gasteiger partial charge in [-0.15, -0.1) is 0 Å². The van der Waals surface area contributed by atoms with Crippen LogP contribution in [0.15, 0.2) is 101 Å². The second-order valence-corrected chi connectivity index (χ2v) is 6.65. The molecule has 0 spiro atoms. The molecule has 25 heavy (non-hydrogen) atoms. The number of benzene rings is 3. The van der Waals surface area contributed by atoms with Crippen molar-refractivity contribution >= 4 is 16.4 Å². The highest BCUT2D eigenvalue weighted by atomic mass is 32.2. The molecule has 124 valence electrons. The van der Waals surface area contributed by atoms with Gasteiger partial charge >= 0.3 is 5.03 Å². The fourth-order valence-electron chi connectivity index (χ4n) is 2.53. The Morgan fingerprint density at radius 1 is 0.720 bits per heavy atom. The Morgan fingerprint density at radius 3 is 1.52 bits per heavy atom. The smallest absolute Gasteiger partial charge is 0.258 e. The van der Waals surface area contributed by atoms with Crippen LogP contribution in [0.1, 0.15) is 11.1 Å². The number of rotatable bonds is 5. The standard InChI is InChI=1S/C20H15NO3S/c22-21(23)20(25(24)18-14-8-3-9-15-18)19(16-10-4-1-5-11-16)17-12-6-2-7-13-17/h1-15H. The molecule has 0 radical (unpaired) electrons. The van der Waals surface area contributed by atoms with E-state index in [0.717, 1.165) is 0 Å². The SMILES string of the molecule is O=[N+]([O-])C(=C(c1ccccc1)c1ccccc1)S(=O)c1ccccc1. The molecule has 0 heterocycles. The first-order valence-electron chi connectivity index (χ1n) is 7.65. The highest BCUT2D eigenvalue weighted by molar-refractivity contribution is 7.89. The molecule has 0 aromatic heterocycles. The van der Waals surface area contributed by atoms with E-state index >= 15 is 0 Å². The van der Waals surface area contributed by atoms with Crippen molar-refractivity contribution in [2.24, 2.45) is 0 Å². The van der Waals surface area contributed by atoms with E-state index < -0.39 is 15.7 Å². The van der Waals surface area contributed by atoms with Crippen molar-refractivity contribution in [2.75, 3.05) is 0 Å². The zero-order valence-electron chi connectivity index (χ0n) is 13.2. The summed E-state index contributed by atoms with van der Waals surface area (Å²) in [7, 11) is -1.90. The molecule has 1 atom stereocenters. The quantitative estimate of drug-likeness (QED) is 0.504. The van der Waals surface area contributed by atoms with Gasteiger partial charge in [-0.25, -0.2) is 4.21 Å². The maximum atomic E-state index is 13.0. The molecular formula is C20H15NO3S. The van der Waals surface area contributed by atoms with Crippen LogP contribution in [0, 0.1) is 10.1 Å². The van der Waals surface area contributed by atoms with Gasteiger partial charge in [0.25, 0.3) is 0 Å². The number of nitrogens with zero attached hydrogens (tertiary/aromatic N) is 1. The molecular weight excluding hydrogens is 334 g/mol. The van der Waals surface area contributed by atoms with Crippen LogP contribution in [-0.2, 0) is 10.8 Å². The molecule has 0 aliphatic carbocycles. The predicted octanol–water partition coefficient (Wildman–Crippen LogP) is 4.49. The van der Waals surface area contributed by atoms with Crippen LogP contribution in [0.4, 0.5) is 0 Å². The summed E-state index contributed by atoms with van der Waals surface area (Å²) < 4.78 is 13.0. The van der Waals surface area contributed by atoms with Crippen molar-refractivity contribution in [3.8, 4) is 0 Å². The topological polar surface area (TPSA) is 60.2 Å². The third-order valence-corrected chi connectivity index (χ3v) is 5.04. The average Bonchev–Trinajstić information content (AvgIpc) is 2.67. The van der Waals surface area contributed by atoms with Gasteiger partial charge in [-0.3, -0.25) is 10.1 Å². The third-order valence-electron chi connectivity index (χ3n) is 3.64. The molecule has 0 fully saturated rings. The van der Waals surface area contributed by atoms with Crippen molar-refractivity contribution in [2.45, 2.75) is 4.90 Å². The van der Waals surface area contributed by atoms with E-state index in [4.69, 9.17) is 0 Å². The number of nitro groups is 1. The first-order valence-corrected chi connectivity index (χ1v) is 8.80. The van der Waals surface area contributed by atoms with Crippen LogP contribution in [0.2, 0.25) is 0 Å². The molecule has 0 amide bonds. The summed E-state index contributed by atoms with van der Waals surface area (Å²) in [6.45, 7) is 0. The molecule has 3 aromatic rings. The zero-order chi connectivity index (χ0) is 17.6. The first-order chi connectivity index (χ1) is 12.2. The second-order valence-electron chi connectivity index (χ2n) is 5.25. The largest absolute Gasteiger partial charge is 0.345 e. The van der Waals surface area contributed by atoms with Crippen molar-refractivity contribution in [1.29, 1.82) is 0 Å². The van der Waals surface area contributed by atoms with Gasteiger partial charge < -0.3 is 0 Å². The summed E-state index contributed by atoms with van der Waals surface area (Å²) >= 11 is 0. The Balaban J connectivity index is 2.29. The van der Waals surface area contributed by atoms with E-state index in [9.17, 15) is 14.3 Å². The number of hydrogen-bond donors (Lipinski definition) is 0. The molecule has 4 nitrogen and oxygen atoms in total. The summed E-state index contributed by atoms with van der Waals surface area (Å²) in [5, 5.41) is 11.5. The Kier molecular flexibility index (Phi) is 5.16. The van der Waals surface area contributed by atoms with Gasteiger partial charge in [-0.1, -0.05) is 78.9 Å². The van der Waals surface area contributed by atoms with Crippen LogP contribution in [0.5, 0.6) is 0 Å². The van der Waals surface area contributed by atoms with E-state index in [2.05, 4.69) is 0 Å². The van der Waals surface area contributed by atoms with Gasteiger partial charge in [0.05, 0.1) is 10.5 Å². The molecule has 5 heteroatoms. The zero-order valence-corrected chi connectivity index (χ0v) is 14.1. The average molecular weight is 349 g/mol. The maximum Gasteiger partial charge on any atom is 0.345 e. The third kappa shape index (κ3) is 3.72. The Bertz CT molecular complexity index is 881. The molecule has 3 aromatic carbocycles. The Morgan fingerprint density at radius 2 is 1.12 bits per heavy atom. The lowest BCUT2D eigenvalue weighted by molar-refractivity contribution is -0.410. The molecule has 0 saturated heterocycles. The van der Waals surface area contributed by atoms with E-state index in [1.807, 2.05) is 12.1 Å². The van der Waals surface area contributed by atoms with E-state index in [1.54, 1.807) is 78.9 Å². The molecule has 0 N–H and O–H groups in total. The lowest BCUT2D eigenvalue weighted by Gasteiger charge is -2.10. The minimum absolute atomic E-state index is 0.316. The Hall–Kier alpha value is -3.05. The van der Waals surface area contributed by atoms with Crippen molar-refractivity contribution < 1.29 is 9.13 Å². The van der Waals surface area contributed by atoms with E-state index in [0.29, 0.717) is 21.6 Å². The first kappa shape index (κ1) is 16.8. The summed E-state index contributed by atoms with van der Waals surface area (Å²) in [4.78, 5) is 11.7. The molecule has 0 aliphatic heterocycles. The van der Waals surface area contributed by atoms with Crippen LogP contribution in [0.3, 0.4) is 0 Å². The monoisotopic (exact) mass is 349 g/mol.